The summed E-state index contributed by atoms with van der Waals surface area (Å²) in [6.45, 7) is 10.9. The Balaban J connectivity index is 5.02. The van der Waals surface area contributed by atoms with Crippen LogP contribution in [-0.2, 0) is 37.3 Å². The summed E-state index contributed by atoms with van der Waals surface area (Å²) in [6, 6.07) is 0. The standard InChI is InChI=1S/3C7H12O3.In/c3*1-5(2)3-6(8)4-7(9)10;/h3*5H,3-4H2,1-2H3,(H,9,10);/q;;;+3/p-3. The number of Topliss-reactive ketones (excluding diaryl/α,β-unsaturated/α-hetero) is 3. The first-order valence-electron chi connectivity index (χ1n) is 10.4. The molecule has 0 aromatic carbocycles. The van der Waals surface area contributed by atoms with Crippen molar-refractivity contribution < 1.29 is 37.3 Å². The number of hydrogen-bond acceptors (Lipinski definition) is 9. The molecule has 0 aromatic rings. The van der Waals surface area contributed by atoms with Crippen molar-refractivity contribution in [2.24, 2.45) is 17.8 Å². The molecule has 0 atom stereocenters. The number of hydrogen-bond donors (Lipinski definition) is 0. The minimum atomic E-state index is -4.52. The average Bonchev–Trinajstić information content (AvgIpc) is 2.50. The van der Waals surface area contributed by atoms with Crippen molar-refractivity contribution in [3.8, 4) is 0 Å². The monoisotopic (exact) mass is 544 g/mol. The maximum atomic E-state index is 12.0. The fourth-order valence-corrected chi connectivity index (χ4v) is 5.55. The molecule has 0 radical (unpaired) electrons. The van der Waals surface area contributed by atoms with E-state index in [-0.39, 0.29) is 54.4 Å². The van der Waals surface area contributed by atoms with Crippen molar-refractivity contribution >= 4 is 58.0 Å². The van der Waals surface area contributed by atoms with Gasteiger partial charge in [0, 0.05) is 0 Å². The van der Waals surface area contributed by atoms with Crippen LogP contribution in [0, 0.1) is 17.8 Å². The average molecular weight is 544 g/mol. The molecular formula is C21H33InO9. The Bertz CT molecular complexity index is 577. The van der Waals surface area contributed by atoms with Crippen molar-refractivity contribution in [1.82, 2.24) is 0 Å². The van der Waals surface area contributed by atoms with Gasteiger partial charge in [0.2, 0.25) is 0 Å². The van der Waals surface area contributed by atoms with E-state index >= 15 is 0 Å². The third kappa shape index (κ3) is 16.6. The van der Waals surface area contributed by atoms with E-state index in [0.29, 0.717) is 0 Å². The molecule has 9 nitrogen and oxygen atoms in total. The van der Waals surface area contributed by atoms with Gasteiger partial charge in [-0.25, -0.2) is 0 Å². The predicted molar refractivity (Wildman–Crippen MR) is 111 cm³/mol. The summed E-state index contributed by atoms with van der Waals surface area (Å²) >= 11 is -4.52. The van der Waals surface area contributed by atoms with Gasteiger partial charge in [-0.15, -0.1) is 0 Å². The van der Waals surface area contributed by atoms with E-state index in [1.54, 1.807) is 0 Å². The Morgan fingerprint density at radius 2 is 0.742 bits per heavy atom. The van der Waals surface area contributed by atoms with E-state index in [9.17, 15) is 28.8 Å². The third-order valence-electron chi connectivity index (χ3n) is 3.62. The van der Waals surface area contributed by atoms with Crippen molar-refractivity contribution in [3.05, 3.63) is 0 Å². The van der Waals surface area contributed by atoms with Crippen LogP contribution in [-0.4, -0.2) is 58.0 Å². The Labute approximate surface area is 192 Å². The second-order valence-corrected chi connectivity index (χ2v) is 12.4. The zero-order valence-corrected chi connectivity index (χ0v) is 22.5. The molecule has 31 heavy (non-hydrogen) atoms. The number of rotatable bonds is 15. The number of ketones is 3. The number of carbonyl (C=O) groups excluding carboxylic acids is 6. The summed E-state index contributed by atoms with van der Waals surface area (Å²) in [4.78, 5) is 71.5. The SMILES string of the molecule is CC(C)CC(=O)CC(=O)[O][In]([O]C(=O)CC(=O)CC(C)C)[O]C(=O)CC(=O)CC(C)C. The molecule has 0 saturated carbocycles. The molecule has 0 N–H and O–H groups in total. The molecule has 0 aliphatic heterocycles. The second-order valence-electron chi connectivity index (χ2n) is 8.70. The van der Waals surface area contributed by atoms with Crippen molar-refractivity contribution in [2.75, 3.05) is 0 Å². The van der Waals surface area contributed by atoms with Gasteiger partial charge in [0.25, 0.3) is 0 Å². The molecule has 0 aliphatic carbocycles. The first-order chi connectivity index (χ1) is 14.3. The fourth-order valence-electron chi connectivity index (χ4n) is 2.58. The van der Waals surface area contributed by atoms with Crippen LogP contribution >= 0.6 is 0 Å². The van der Waals surface area contributed by atoms with Gasteiger partial charge in [-0.05, 0) is 0 Å². The van der Waals surface area contributed by atoms with Crippen LogP contribution in [0.25, 0.3) is 0 Å². The first kappa shape index (κ1) is 29.3. The topological polar surface area (TPSA) is 130 Å². The van der Waals surface area contributed by atoms with Crippen LogP contribution in [0.3, 0.4) is 0 Å². The Morgan fingerprint density at radius 1 is 0.516 bits per heavy atom. The van der Waals surface area contributed by atoms with Crippen LogP contribution < -0.4 is 0 Å². The maximum absolute atomic E-state index is 12.0. The molecule has 0 heterocycles. The molecule has 0 rings (SSSR count). The van der Waals surface area contributed by atoms with Gasteiger partial charge in [-0.1, -0.05) is 0 Å². The first-order valence-corrected chi connectivity index (χ1v) is 14.5. The van der Waals surface area contributed by atoms with Crippen LogP contribution in [0.2, 0.25) is 0 Å². The van der Waals surface area contributed by atoms with Gasteiger partial charge in [0.1, 0.15) is 0 Å². The number of carbonyl (C=O) groups is 6. The zero-order valence-electron chi connectivity index (χ0n) is 19.2. The normalized spacial score (nSPS) is 10.7. The molecule has 0 saturated heterocycles. The van der Waals surface area contributed by atoms with Crippen molar-refractivity contribution in [3.63, 3.8) is 0 Å². The van der Waals surface area contributed by atoms with Gasteiger partial charge in [-0.2, -0.15) is 0 Å². The summed E-state index contributed by atoms with van der Waals surface area (Å²) in [5, 5.41) is 0. The molecule has 0 amide bonds. The van der Waals surface area contributed by atoms with E-state index < -0.39 is 59.9 Å². The van der Waals surface area contributed by atoms with Crippen LogP contribution in [0.15, 0.2) is 0 Å². The molecule has 174 valence electrons. The van der Waals surface area contributed by atoms with Crippen LogP contribution in [0.4, 0.5) is 0 Å². The summed E-state index contributed by atoms with van der Waals surface area (Å²) in [5.41, 5.74) is 0. The molecule has 0 aromatic heterocycles. The van der Waals surface area contributed by atoms with Crippen molar-refractivity contribution in [2.45, 2.75) is 80.1 Å². The van der Waals surface area contributed by atoms with E-state index in [4.69, 9.17) is 8.56 Å². The Morgan fingerprint density at radius 3 is 0.935 bits per heavy atom. The zero-order chi connectivity index (χ0) is 24.1. The Hall–Kier alpha value is -1.71. The Kier molecular flexibility index (Phi) is 14.3. The second kappa shape index (κ2) is 15.2. The molecule has 0 aliphatic rings. The molecule has 10 heteroatoms. The summed E-state index contributed by atoms with van der Waals surface area (Å²) < 4.78 is 15.0. The molecule has 0 unspecified atom stereocenters. The quantitative estimate of drug-likeness (QED) is 0.286. The molecule has 0 bridgehead atoms. The van der Waals surface area contributed by atoms with Crippen LogP contribution in [0.1, 0.15) is 80.1 Å². The minimum absolute atomic E-state index is 0.0502. The fraction of sp³-hybridized carbons (Fsp3) is 0.714. The van der Waals surface area contributed by atoms with E-state index in [1.807, 2.05) is 41.5 Å². The molecule has 0 fully saturated rings. The summed E-state index contributed by atoms with van der Waals surface area (Å²) in [7, 11) is 0. The molecule has 0 spiro atoms. The van der Waals surface area contributed by atoms with Gasteiger partial charge >= 0.3 is 193 Å². The van der Waals surface area contributed by atoms with Gasteiger partial charge < -0.3 is 0 Å². The van der Waals surface area contributed by atoms with E-state index in [2.05, 4.69) is 0 Å². The van der Waals surface area contributed by atoms with Gasteiger partial charge in [-0.3, -0.25) is 0 Å². The van der Waals surface area contributed by atoms with Crippen LogP contribution in [0.5, 0.6) is 0 Å². The van der Waals surface area contributed by atoms with E-state index in [1.165, 1.54) is 0 Å². The van der Waals surface area contributed by atoms with Gasteiger partial charge in [0.05, 0.1) is 0 Å². The third-order valence-corrected chi connectivity index (χ3v) is 7.51. The van der Waals surface area contributed by atoms with Crippen molar-refractivity contribution in [1.29, 1.82) is 0 Å². The van der Waals surface area contributed by atoms with Gasteiger partial charge in [0.15, 0.2) is 0 Å². The predicted octanol–water partition coefficient (Wildman–Crippen LogP) is 2.62. The molecular weight excluding hydrogens is 511 g/mol. The summed E-state index contributed by atoms with van der Waals surface area (Å²) in [6.07, 6.45) is -1.12. The summed E-state index contributed by atoms with van der Waals surface area (Å²) in [5.74, 6) is -3.82. The van der Waals surface area contributed by atoms with E-state index in [0.717, 1.165) is 0 Å².